The largest absolute Gasteiger partial charge is 0.458 e. The zero-order chi connectivity index (χ0) is 29.1. The first-order valence-electron chi connectivity index (χ1n) is 13.0. The summed E-state index contributed by atoms with van der Waals surface area (Å²) in [6.07, 6.45) is 0.0201. The molecule has 0 saturated heterocycles. The minimum absolute atomic E-state index is 0.0201. The van der Waals surface area contributed by atoms with Gasteiger partial charge in [-0.05, 0) is 37.5 Å². The molecule has 5 rings (SSSR count). The number of amides is 2. The normalized spacial score (nSPS) is 18.9. The van der Waals surface area contributed by atoms with Gasteiger partial charge in [-0.2, -0.15) is 0 Å². The fourth-order valence-corrected chi connectivity index (χ4v) is 5.02. The number of esters is 1. The van der Waals surface area contributed by atoms with Crippen molar-refractivity contribution >= 4 is 34.4 Å². The van der Waals surface area contributed by atoms with Gasteiger partial charge < -0.3 is 30.8 Å². The minimum atomic E-state index is -1.95. The molecule has 0 aliphatic carbocycles. The molecule has 40 heavy (non-hydrogen) atoms. The number of nitrogens with two attached hydrogens (primary N) is 1. The molecule has 0 saturated carbocycles. The first-order valence-corrected chi connectivity index (χ1v) is 13.0. The van der Waals surface area contributed by atoms with Crippen molar-refractivity contribution in [3.8, 4) is 11.4 Å². The Labute approximate surface area is 228 Å². The first kappa shape index (κ1) is 27.4. The van der Waals surface area contributed by atoms with Crippen LogP contribution in [0.15, 0.2) is 29.1 Å². The molecule has 3 aromatic rings. The Kier molecular flexibility index (Phi) is 6.71. The average Bonchev–Trinajstić information content (AvgIpc) is 3.27. The van der Waals surface area contributed by atoms with Crippen LogP contribution in [0.2, 0.25) is 0 Å². The van der Waals surface area contributed by atoms with E-state index in [1.165, 1.54) is 23.6 Å². The van der Waals surface area contributed by atoms with Crippen molar-refractivity contribution < 1.29 is 28.6 Å². The van der Waals surface area contributed by atoms with Crippen LogP contribution in [0.25, 0.3) is 22.3 Å². The number of benzene rings is 1. The molecule has 2 amide bonds. The van der Waals surface area contributed by atoms with E-state index in [-0.39, 0.29) is 47.8 Å². The predicted molar refractivity (Wildman–Crippen MR) is 144 cm³/mol. The molecule has 3 atom stereocenters. The Bertz CT molecular complexity index is 1650. The molecule has 2 unspecified atom stereocenters. The van der Waals surface area contributed by atoms with E-state index in [1.807, 2.05) is 0 Å². The number of aliphatic hydroxyl groups is 1. The summed E-state index contributed by atoms with van der Waals surface area (Å²) in [7, 11) is 0. The highest BCUT2D eigenvalue weighted by Gasteiger charge is 2.45. The van der Waals surface area contributed by atoms with Gasteiger partial charge in [0.05, 0.1) is 40.7 Å². The van der Waals surface area contributed by atoms with E-state index in [4.69, 9.17) is 10.5 Å². The average molecular weight is 552 g/mol. The molecule has 210 valence electrons. The lowest BCUT2D eigenvalue weighted by molar-refractivity contribution is -0.172. The maximum atomic E-state index is 15.1. The van der Waals surface area contributed by atoms with E-state index in [9.17, 15) is 24.3 Å². The van der Waals surface area contributed by atoms with Crippen LogP contribution >= 0.6 is 0 Å². The number of nitrogens with zero attached hydrogens (tertiary/aromatic N) is 2. The number of anilines is 1. The number of nitrogens with one attached hydrogen (secondary N) is 2. The summed E-state index contributed by atoms with van der Waals surface area (Å²) in [5.41, 5.74) is 5.57. The molecular weight excluding hydrogens is 521 g/mol. The van der Waals surface area contributed by atoms with Crippen molar-refractivity contribution in [1.29, 1.82) is 0 Å². The number of pyridine rings is 2. The van der Waals surface area contributed by atoms with Gasteiger partial charge in [-0.1, -0.05) is 20.8 Å². The predicted octanol–water partition coefficient (Wildman–Crippen LogP) is 1.65. The summed E-state index contributed by atoms with van der Waals surface area (Å²) in [6, 6.07) is 4.18. The molecular formula is C28H30FN5O6. The summed E-state index contributed by atoms with van der Waals surface area (Å²) >= 11 is 0. The number of carbonyl (C=O) groups is 3. The van der Waals surface area contributed by atoms with Gasteiger partial charge in [0.1, 0.15) is 18.5 Å². The number of fused-ring (bicyclic) bond motifs is 5. The monoisotopic (exact) mass is 551 g/mol. The number of ether oxygens (including phenoxy) is 1. The van der Waals surface area contributed by atoms with Crippen LogP contribution in [0.1, 0.15) is 50.8 Å². The zero-order valence-electron chi connectivity index (χ0n) is 22.5. The van der Waals surface area contributed by atoms with Crippen molar-refractivity contribution in [2.24, 2.45) is 11.7 Å². The van der Waals surface area contributed by atoms with Gasteiger partial charge in [0, 0.05) is 22.6 Å². The Morgan fingerprint density at radius 1 is 1.20 bits per heavy atom. The first-order chi connectivity index (χ1) is 18.8. The summed E-state index contributed by atoms with van der Waals surface area (Å²) in [5, 5.41) is 16.5. The van der Waals surface area contributed by atoms with Crippen LogP contribution in [0.3, 0.4) is 0 Å². The van der Waals surface area contributed by atoms with E-state index in [2.05, 4.69) is 15.6 Å². The Hall–Kier alpha value is -4.16. The number of hydrogen-bond donors (Lipinski definition) is 4. The smallest absolute Gasteiger partial charge is 0.343 e. The number of carbonyl (C=O) groups excluding carboxylic acids is 3. The number of aromatic nitrogens is 2. The van der Waals surface area contributed by atoms with E-state index in [0.717, 1.165) is 0 Å². The van der Waals surface area contributed by atoms with Gasteiger partial charge in [-0.15, -0.1) is 0 Å². The van der Waals surface area contributed by atoms with Crippen molar-refractivity contribution in [3.05, 3.63) is 57.1 Å². The van der Waals surface area contributed by atoms with E-state index in [0.29, 0.717) is 22.3 Å². The molecule has 0 bridgehead atoms. The van der Waals surface area contributed by atoms with Gasteiger partial charge >= 0.3 is 5.97 Å². The molecule has 12 heteroatoms. The summed E-state index contributed by atoms with van der Waals surface area (Å²) < 4.78 is 21.6. The van der Waals surface area contributed by atoms with Crippen LogP contribution in [0.4, 0.5) is 10.1 Å². The van der Waals surface area contributed by atoms with Gasteiger partial charge in [0.2, 0.25) is 11.8 Å². The third kappa shape index (κ3) is 4.33. The van der Waals surface area contributed by atoms with Gasteiger partial charge in [0.15, 0.2) is 5.60 Å². The van der Waals surface area contributed by atoms with Gasteiger partial charge in [-0.3, -0.25) is 14.4 Å². The van der Waals surface area contributed by atoms with Crippen LogP contribution in [-0.2, 0) is 37.9 Å². The molecule has 2 aliphatic heterocycles. The van der Waals surface area contributed by atoms with Crippen LogP contribution in [0, 0.1) is 11.7 Å². The minimum Gasteiger partial charge on any atom is -0.458 e. The number of cyclic esters (lactones) is 1. The van der Waals surface area contributed by atoms with E-state index < -0.39 is 46.8 Å². The van der Waals surface area contributed by atoms with Crippen LogP contribution < -0.4 is 21.9 Å². The Morgan fingerprint density at radius 3 is 2.60 bits per heavy atom. The van der Waals surface area contributed by atoms with Gasteiger partial charge in [-0.25, -0.2) is 14.2 Å². The second kappa shape index (κ2) is 9.79. The fourth-order valence-electron chi connectivity index (χ4n) is 5.02. The lowest BCUT2D eigenvalue weighted by Crippen LogP contribution is -2.50. The topological polar surface area (TPSA) is 166 Å². The van der Waals surface area contributed by atoms with Crippen molar-refractivity contribution in [2.45, 2.75) is 65.0 Å². The standard InChI is InChI=1S/C28H30FN5O6/c1-5-28(39)17-8-21-23-15(10-34(21)26(37)16(17)11-40-27(28)38)6-14-7-20(18(29)9-19(14)32-23)33-24(35)13(4)31-25(36)22(30)12(2)3/h6-9,12-13,22,39H,5,10-11,30H2,1-4H3,(H,31,36)(H,33,35)/t13?,22?,28-/m0/s1. The summed E-state index contributed by atoms with van der Waals surface area (Å²) in [4.78, 5) is 55.1. The van der Waals surface area contributed by atoms with Crippen molar-refractivity contribution in [3.63, 3.8) is 0 Å². The summed E-state index contributed by atoms with van der Waals surface area (Å²) in [6.45, 7) is 6.60. The van der Waals surface area contributed by atoms with E-state index >= 15 is 4.39 Å². The SMILES string of the molecule is CC[C@@]1(O)C(=O)OCc2c1cc1n(c2=O)Cc2cc3cc(NC(=O)C(C)NC(=O)C(N)C(C)C)c(F)cc3nc2-1. The van der Waals surface area contributed by atoms with Gasteiger partial charge in [0.25, 0.3) is 5.56 Å². The molecule has 5 N–H and O–H groups in total. The lowest BCUT2D eigenvalue weighted by atomic mass is 9.86. The molecule has 0 fully saturated rings. The summed E-state index contributed by atoms with van der Waals surface area (Å²) in [5.74, 6) is -2.79. The molecule has 4 heterocycles. The highest BCUT2D eigenvalue weighted by molar-refractivity contribution is 5.99. The molecule has 2 aromatic heterocycles. The molecule has 0 radical (unpaired) electrons. The maximum absolute atomic E-state index is 15.1. The zero-order valence-corrected chi connectivity index (χ0v) is 22.5. The van der Waals surface area contributed by atoms with Crippen molar-refractivity contribution in [2.75, 3.05) is 5.32 Å². The third-order valence-corrected chi connectivity index (χ3v) is 7.63. The van der Waals surface area contributed by atoms with Crippen LogP contribution in [-0.4, -0.2) is 44.5 Å². The Morgan fingerprint density at radius 2 is 1.93 bits per heavy atom. The highest BCUT2D eigenvalue weighted by atomic mass is 19.1. The molecule has 11 nitrogen and oxygen atoms in total. The molecule has 2 aliphatic rings. The number of rotatable bonds is 6. The highest BCUT2D eigenvalue weighted by Crippen LogP contribution is 2.39. The third-order valence-electron chi connectivity index (χ3n) is 7.63. The lowest BCUT2D eigenvalue weighted by Gasteiger charge is -2.31. The molecule has 1 aromatic carbocycles. The van der Waals surface area contributed by atoms with Crippen molar-refractivity contribution in [1.82, 2.24) is 14.9 Å². The maximum Gasteiger partial charge on any atom is 0.343 e. The molecule has 0 spiro atoms. The number of halogens is 1. The second-order valence-corrected chi connectivity index (χ2v) is 10.6. The second-order valence-electron chi connectivity index (χ2n) is 10.6. The number of hydrogen-bond acceptors (Lipinski definition) is 8. The van der Waals surface area contributed by atoms with E-state index in [1.54, 1.807) is 32.9 Å². The van der Waals surface area contributed by atoms with Crippen LogP contribution in [0.5, 0.6) is 0 Å². The fraction of sp³-hybridized carbons (Fsp3) is 0.393. The Balaban J connectivity index is 1.47. The quantitative estimate of drug-likeness (QED) is 0.263.